The van der Waals surface area contributed by atoms with Crippen LogP contribution in [0.4, 0.5) is 0 Å². The summed E-state index contributed by atoms with van der Waals surface area (Å²) in [4.78, 5) is 42.9. The standard InChI is InChI=1S/C23H17BrN2O3S/c24-15-11-20(30-13-15)23(29)25-10-9-14-5-1-2-6-16(14)19(25)12-26-21(27)17-7-3-4-8-18(17)22(26)28/h1-8,11,13,19H,9-10,12H2/t19-/m1/s1. The van der Waals surface area contributed by atoms with Crippen molar-refractivity contribution in [3.63, 3.8) is 0 Å². The lowest BCUT2D eigenvalue weighted by molar-refractivity contribution is 0.0505. The van der Waals surface area contributed by atoms with Crippen LogP contribution in [-0.4, -0.2) is 40.6 Å². The van der Waals surface area contributed by atoms with E-state index in [0.717, 1.165) is 22.0 Å². The number of carbonyl (C=O) groups is 3. The molecule has 0 aliphatic carbocycles. The topological polar surface area (TPSA) is 57.7 Å². The fourth-order valence-electron chi connectivity index (χ4n) is 4.24. The van der Waals surface area contributed by atoms with Gasteiger partial charge in [0.05, 0.1) is 28.6 Å². The minimum Gasteiger partial charge on any atom is -0.329 e. The van der Waals surface area contributed by atoms with Gasteiger partial charge in [0.2, 0.25) is 0 Å². The average Bonchev–Trinajstić information content (AvgIpc) is 3.31. The van der Waals surface area contributed by atoms with Crippen molar-refractivity contribution < 1.29 is 14.4 Å². The molecule has 2 aromatic carbocycles. The molecule has 3 heterocycles. The molecule has 3 amide bonds. The third-order valence-electron chi connectivity index (χ3n) is 5.69. The molecule has 0 unspecified atom stereocenters. The van der Waals surface area contributed by atoms with E-state index in [9.17, 15) is 14.4 Å². The van der Waals surface area contributed by atoms with E-state index < -0.39 is 0 Å². The fraction of sp³-hybridized carbons (Fsp3) is 0.174. The number of hydrogen-bond donors (Lipinski definition) is 0. The van der Waals surface area contributed by atoms with E-state index in [1.54, 1.807) is 29.2 Å². The SMILES string of the molecule is O=C1c2ccccc2C(=O)N1C[C@@H]1c2ccccc2CCN1C(=O)c1cc(Br)cs1. The maximum atomic E-state index is 13.3. The molecule has 3 aromatic rings. The van der Waals surface area contributed by atoms with Gasteiger partial charge in [0.1, 0.15) is 0 Å². The second-order valence-corrected chi connectivity index (χ2v) is 9.19. The Morgan fingerprint density at radius 3 is 2.37 bits per heavy atom. The van der Waals surface area contributed by atoms with E-state index in [1.165, 1.54) is 16.2 Å². The normalized spacial score (nSPS) is 17.8. The van der Waals surface area contributed by atoms with Gasteiger partial charge in [-0.15, -0.1) is 11.3 Å². The third kappa shape index (κ3) is 3.09. The van der Waals surface area contributed by atoms with Crippen molar-refractivity contribution in [2.75, 3.05) is 13.1 Å². The summed E-state index contributed by atoms with van der Waals surface area (Å²) in [5, 5.41) is 1.88. The molecule has 1 atom stereocenters. The van der Waals surface area contributed by atoms with Gasteiger partial charge in [0, 0.05) is 16.4 Å². The highest BCUT2D eigenvalue weighted by atomic mass is 79.9. The van der Waals surface area contributed by atoms with Gasteiger partial charge in [-0.25, -0.2) is 0 Å². The molecular formula is C23H17BrN2O3S. The molecule has 2 aliphatic rings. The number of imide groups is 1. The van der Waals surface area contributed by atoms with Crippen molar-refractivity contribution in [2.24, 2.45) is 0 Å². The molecule has 1 aromatic heterocycles. The smallest absolute Gasteiger partial charge is 0.264 e. The van der Waals surface area contributed by atoms with E-state index in [0.29, 0.717) is 22.5 Å². The zero-order chi connectivity index (χ0) is 20.8. The third-order valence-corrected chi connectivity index (χ3v) is 7.36. The maximum absolute atomic E-state index is 13.3. The number of nitrogens with zero attached hydrogens (tertiary/aromatic N) is 2. The van der Waals surface area contributed by atoms with E-state index in [-0.39, 0.29) is 30.3 Å². The van der Waals surface area contributed by atoms with Gasteiger partial charge in [0.15, 0.2) is 0 Å². The van der Waals surface area contributed by atoms with Gasteiger partial charge >= 0.3 is 0 Å². The molecule has 0 radical (unpaired) electrons. The Morgan fingerprint density at radius 1 is 1.03 bits per heavy atom. The Kier molecular flexibility index (Phi) is 4.79. The fourth-order valence-corrected chi connectivity index (χ4v) is 5.62. The highest BCUT2D eigenvalue weighted by molar-refractivity contribution is 9.10. The molecular weight excluding hydrogens is 464 g/mol. The Balaban J connectivity index is 1.52. The van der Waals surface area contributed by atoms with Gasteiger partial charge in [-0.2, -0.15) is 0 Å². The number of hydrogen-bond acceptors (Lipinski definition) is 4. The predicted octanol–water partition coefficient (Wildman–Crippen LogP) is 4.55. The van der Waals surface area contributed by atoms with Gasteiger partial charge < -0.3 is 4.90 Å². The van der Waals surface area contributed by atoms with Crippen LogP contribution in [0.2, 0.25) is 0 Å². The van der Waals surface area contributed by atoms with Gasteiger partial charge in [0.25, 0.3) is 17.7 Å². The molecule has 0 fully saturated rings. The van der Waals surface area contributed by atoms with Crippen LogP contribution in [0, 0.1) is 0 Å². The monoisotopic (exact) mass is 480 g/mol. The van der Waals surface area contributed by atoms with E-state index in [1.807, 2.05) is 35.7 Å². The number of fused-ring (bicyclic) bond motifs is 2. The first-order valence-electron chi connectivity index (χ1n) is 9.62. The molecule has 0 spiro atoms. The summed E-state index contributed by atoms with van der Waals surface area (Å²) in [5.74, 6) is -0.684. The second kappa shape index (κ2) is 7.49. The van der Waals surface area contributed by atoms with Crippen LogP contribution in [-0.2, 0) is 6.42 Å². The first kappa shape index (κ1) is 19.2. The summed E-state index contributed by atoms with van der Waals surface area (Å²) in [6.07, 6.45) is 0.743. The van der Waals surface area contributed by atoms with Crippen molar-refractivity contribution in [2.45, 2.75) is 12.5 Å². The van der Waals surface area contributed by atoms with Gasteiger partial charge in [-0.3, -0.25) is 19.3 Å². The zero-order valence-electron chi connectivity index (χ0n) is 15.9. The molecule has 30 heavy (non-hydrogen) atoms. The van der Waals surface area contributed by atoms with E-state index in [4.69, 9.17) is 0 Å². The van der Waals surface area contributed by atoms with Crippen LogP contribution in [0.25, 0.3) is 0 Å². The Labute approximate surface area is 186 Å². The van der Waals surface area contributed by atoms with Crippen LogP contribution in [0.15, 0.2) is 64.5 Å². The highest BCUT2D eigenvalue weighted by Gasteiger charge is 2.40. The molecule has 5 nitrogen and oxygen atoms in total. The first-order valence-corrected chi connectivity index (χ1v) is 11.3. The summed E-state index contributed by atoms with van der Waals surface area (Å²) in [6, 6.07) is 16.2. The molecule has 0 N–H and O–H groups in total. The van der Waals surface area contributed by atoms with Crippen molar-refractivity contribution >= 4 is 45.0 Å². The number of halogens is 1. The van der Waals surface area contributed by atoms with Crippen LogP contribution in [0.5, 0.6) is 0 Å². The molecule has 0 bridgehead atoms. The lowest BCUT2D eigenvalue weighted by atomic mass is 9.92. The molecule has 0 saturated heterocycles. The summed E-state index contributed by atoms with van der Waals surface area (Å²) < 4.78 is 0.866. The summed E-state index contributed by atoms with van der Waals surface area (Å²) in [7, 11) is 0. The minimum absolute atomic E-state index is 0.0817. The van der Waals surface area contributed by atoms with Crippen molar-refractivity contribution in [1.82, 2.24) is 9.80 Å². The largest absolute Gasteiger partial charge is 0.329 e. The van der Waals surface area contributed by atoms with Crippen molar-refractivity contribution in [1.29, 1.82) is 0 Å². The Morgan fingerprint density at radius 2 is 1.70 bits per heavy atom. The number of rotatable bonds is 3. The molecule has 0 saturated carbocycles. The second-order valence-electron chi connectivity index (χ2n) is 7.36. The lowest BCUT2D eigenvalue weighted by Crippen LogP contribution is -2.46. The zero-order valence-corrected chi connectivity index (χ0v) is 18.3. The van der Waals surface area contributed by atoms with E-state index in [2.05, 4.69) is 15.9 Å². The van der Waals surface area contributed by atoms with E-state index >= 15 is 0 Å². The first-order chi connectivity index (χ1) is 14.5. The average molecular weight is 481 g/mol. The molecule has 5 rings (SSSR count). The quantitative estimate of drug-likeness (QED) is 0.516. The van der Waals surface area contributed by atoms with Crippen molar-refractivity contribution in [3.05, 3.63) is 91.6 Å². The molecule has 7 heteroatoms. The van der Waals surface area contributed by atoms with Crippen LogP contribution in [0.1, 0.15) is 47.6 Å². The minimum atomic E-state index is -0.384. The summed E-state index contributed by atoms with van der Waals surface area (Å²) in [5.41, 5.74) is 2.98. The van der Waals surface area contributed by atoms with Crippen LogP contribution < -0.4 is 0 Å². The summed E-state index contributed by atoms with van der Waals surface area (Å²) in [6.45, 7) is 0.681. The molecule has 2 aliphatic heterocycles. The number of amides is 3. The Bertz CT molecular complexity index is 1150. The number of thiophene rings is 1. The maximum Gasteiger partial charge on any atom is 0.264 e. The lowest BCUT2D eigenvalue weighted by Gasteiger charge is -2.38. The summed E-state index contributed by atoms with van der Waals surface area (Å²) >= 11 is 4.79. The van der Waals surface area contributed by atoms with Crippen LogP contribution >= 0.6 is 27.3 Å². The van der Waals surface area contributed by atoms with Crippen molar-refractivity contribution in [3.8, 4) is 0 Å². The Hall–Kier alpha value is -2.77. The number of carbonyl (C=O) groups excluding carboxylic acids is 3. The molecule has 150 valence electrons. The number of benzene rings is 2. The van der Waals surface area contributed by atoms with Gasteiger partial charge in [-0.1, -0.05) is 36.4 Å². The highest BCUT2D eigenvalue weighted by Crippen LogP contribution is 2.35. The van der Waals surface area contributed by atoms with Gasteiger partial charge in [-0.05, 0) is 51.7 Å². The predicted molar refractivity (Wildman–Crippen MR) is 118 cm³/mol. The van der Waals surface area contributed by atoms with Crippen LogP contribution in [0.3, 0.4) is 0 Å².